The molecule has 0 bridgehead atoms. The number of hydrogen-bond acceptors (Lipinski definition) is 2. The number of rotatable bonds is 2. The summed E-state index contributed by atoms with van der Waals surface area (Å²) in [5.41, 5.74) is 1.34. The topological polar surface area (TPSA) is 36.7 Å². The molecule has 1 unspecified atom stereocenters. The lowest BCUT2D eigenvalue weighted by atomic mass is 10.0. The third-order valence-electron chi connectivity index (χ3n) is 3.37. The van der Waals surface area contributed by atoms with Crippen LogP contribution in [0.5, 0.6) is 0 Å². The Morgan fingerprint density at radius 1 is 1.56 bits per heavy atom. The lowest BCUT2D eigenvalue weighted by Crippen LogP contribution is -2.39. The second kappa shape index (κ2) is 5.42. The lowest BCUT2D eigenvalue weighted by molar-refractivity contribution is 0.423. The molecule has 0 spiro atoms. The third-order valence-corrected chi connectivity index (χ3v) is 3.37. The van der Waals surface area contributed by atoms with Crippen LogP contribution in [0.15, 0.2) is 17.4 Å². The highest BCUT2D eigenvalue weighted by Crippen LogP contribution is 2.27. The highest BCUT2D eigenvalue weighted by Gasteiger charge is 2.27. The van der Waals surface area contributed by atoms with E-state index in [9.17, 15) is 0 Å². The van der Waals surface area contributed by atoms with E-state index in [1.54, 1.807) is 0 Å². The second-order valence-corrected chi connectivity index (χ2v) is 5.05. The van der Waals surface area contributed by atoms with Gasteiger partial charge < -0.3 is 9.80 Å². The standard InChI is InChI=1S/C13H23N5/c1-5-14-13(16(2)3)18-7-6-11(10-18)12-8-15-17(4)9-12/h8-9,11H,5-7,10H2,1-4H3. The smallest absolute Gasteiger partial charge is 0.196 e. The van der Waals surface area contributed by atoms with Crippen molar-refractivity contribution in [2.75, 3.05) is 33.7 Å². The summed E-state index contributed by atoms with van der Waals surface area (Å²) in [5, 5.41) is 4.26. The van der Waals surface area contributed by atoms with Crippen LogP contribution in [-0.4, -0.2) is 59.3 Å². The van der Waals surface area contributed by atoms with E-state index in [1.807, 2.05) is 17.9 Å². The fourth-order valence-electron chi connectivity index (χ4n) is 2.53. The average Bonchev–Trinajstić information content (AvgIpc) is 2.93. The minimum atomic E-state index is 0.584. The molecular weight excluding hydrogens is 226 g/mol. The fourth-order valence-corrected chi connectivity index (χ4v) is 2.53. The van der Waals surface area contributed by atoms with Crippen molar-refractivity contribution in [3.05, 3.63) is 18.0 Å². The Kier molecular flexibility index (Phi) is 3.89. The van der Waals surface area contributed by atoms with Crippen LogP contribution < -0.4 is 0 Å². The molecule has 1 aliphatic heterocycles. The largest absolute Gasteiger partial charge is 0.349 e. The molecule has 18 heavy (non-hydrogen) atoms. The molecule has 1 atom stereocenters. The normalized spacial score (nSPS) is 20.6. The van der Waals surface area contributed by atoms with Gasteiger partial charge in [-0.2, -0.15) is 5.10 Å². The molecule has 0 amide bonds. The maximum Gasteiger partial charge on any atom is 0.196 e. The van der Waals surface area contributed by atoms with E-state index in [1.165, 1.54) is 12.0 Å². The summed E-state index contributed by atoms with van der Waals surface area (Å²) in [4.78, 5) is 9.07. The van der Waals surface area contributed by atoms with E-state index in [0.717, 1.165) is 25.6 Å². The summed E-state index contributed by atoms with van der Waals surface area (Å²) in [6.07, 6.45) is 5.29. The molecule has 5 heteroatoms. The number of aromatic nitrogens is 2. The summed E-state index contributed by atoms with van der Waals surface area (Å²) in [6.45, 7) is 5.04. The van der Waals surface area contributed by atoms with Crippen molar-refractivity contribution < 1.29 is 0 Å². The SMILES string of the molecule is CCN=C(N(C)C)N1CCC(c2cnn(C)c2)C1. The minimum absolute atomic E-state index is 0.584. The van der Waals surface area contributed by atoms with Crippen LogP contribution in [0.25, 0.3) is 0 Å². The summed E-state index contributed by atoms with van der Waals surface area (Å²) in [7, 11) is 6.10. The molecular formula is C13H23N5. The van der Waals surface area contributed by atoms with Gasteiger partial charge in [0, 0.05) is 52.9 Å². The van der Waals surface area contributed by atoms with Gasteiger partial charge in [-0.1, -0.05) is 0 Å². The minimum Gasteiger partial charge on any atom is -0.349 e. The van der Waals surface area contributed by atoms with Gasteiger partial charge in [-0.05, 0) is 18.9 Å². The third kappa shape index (κ3) is 2.66. The van der Waals surface area contributed by atoms with Gasteiger partial charge in [-0.15, -0.1) is 0 Å². The molecule has 1 aromatic heterocycles. The molecule has 0 saturated carbocycles. The van der Waals surface area contributed by atoms with Gasteiger partial charge in [0.1, 0.15) is 0 Å². The summed E-state index contributed by atoms with van der Waals surface area (Å²) < 4.78 is 1.88. The second-order valence-electron chi connectivity index (χ2n) is 5.05. The van der Waals surface area contributed by atoms with Gasteiger partial charge in [0.15, 0.2) is 5.96 Å². The highest BCUT2D eigenvalue weighted by molar-refractivity contribution is 5.80. The molecule has 1 saturated heterocycles. The lowest BCUT2D eigenvalue weighted by Gasteiger charge is -2.26. The number of aryl methyl sites for hydroxylation is 1. The molecule has 2 heterocycles. The first-order valence-electron chi connectivity index (χ1n) is 6.57. The zero-order valence-corrected chi connectivity index (χ0v) is 11.8. The van der Waals surface area contributed by atoms with Crippen molar-refractivity contribution >= 4 is 5.96 Å². The summed E-state index contributed by atoms with van der Waals surface area (Å²) >= 11 is 0. The summed E-state index contributed by atoms with van der Waals surface area (Å²) in [5.74, 6) is 1.68. The van der Waals surface area contributed by atoms with Gasteiger partial charge in [0.05, 0.1) is 6.20 Å². The molecule has 1 aromatic rings. The monoisotopic (exact) mass is 249 g/mol. The Morgan fingerprint density at radius 2 is 2.33 bits per heavy atom. The molecule has 2 rings (SSSR count). The molecule has 1 aliphatic rings. The first-order valence-corrected chi connectivity index (χ1v) is 6.57. The predicted octanol–water partition coefficient (Wildman–Crippen LogP) is 1.15. The maximum atomic E-state index is 4.59. The van der Waals surface area contributed by atoms with E-state index < -0.39 is 0 Å². The van der Waals surface area contributed by atoms with E-state index in [0.29, 0.717) is 5.92 Å². The number of nitrogens with zero attached hydrogens (tertiary/aromatic N) is 5. The van der Waals surface area contributed by atoms with E-state index in [4.69, 9.17) is 0 Å². The van der Waals surface area contributed by atoms with Gasteiger partial charge in [0.25, 0.3) is 0 Å². The first kappa shape index (κ1) is 12.9. The molecule has 0 N–H and O–H groups in total. The van der Waals surface area contributed by atoms with Gasteiger partial charge in [-0.3, -0.25) is 9.67 Å². The molecule has 0 radical (unpaired) electrons. The zero-order chi connectivity index (χ0) is 13.1. The molecule has 100 valence electrons. The van der Waals surface area contributed by atoms with Crippen LogP contribution in [0.4, 0.5) is 0 Å². The first-order chi connectivity index (χ1) is 8.61. The Hall–Kier alpha value is -1.52. The highest BCUT2D eigenvalue weighted by atomic mass is 15.4. The maximum absolute atomic E-state index is 4.59. The van der Waals surface area contributed by atoms with Crippen molar-refractivity contribution in [1.82, 2.24) is 19.6 Å². The molecule has 5 nitrogen and oxygen atoms in total. The predicted molar refractivity (Wildman–Crippen MR) is 73.8 cm³/mol. The van der Waals surface area contributed by atoms with E-state index in [2.05, 4.69) is 47.1 Å². The summed E-state index contributed by atoms with van der Waals surface area (Å²) in [6, 6.07) is 0. The van der Waals surface area contributed by atoms with Crippen molar-refractivity contribution in [3.63, 3.8) is 0 Å². The van der Waals surface area contributed by atoms with Crippen molar-refractivity contribution in [1.29, 1.82) is 0 Å². The van der Waals surface area contributed by atoms with Gasteiger partial charge in [-0.25, -0.2) is 0 Å². The number of hydrogen-bond donors (Lipinski definition) is 0. The Bertz CT molecular complexity index is 421. The molecule has 1 fully saturated rings. The average molecular weight is 249 g/mol. The van der Waals surface area contributed by atoms with Crippen LogP contribution in [-0.2, 0) is 7.05 Å². The van der Waals surface area contributed by atoms with Gasteiger partial charge >= 0.3 is 0 Å². The molecule has 0 aromatic carbocycles. The van der Waals surface area contributed by atoms with Crippen LogP contribution in [0, 0.1) is 0 Å². The van der Waals surface area contributed by atoms with Crippen molar-refractivity contribution in [2.45, 2.75) is 19.3 Å². The van der Waals surface area contributed by atoms with Crippen LogP contribution >= 0.6 is 0 Å². The molecule has 0 aliphatic carbocycles. The number of guanidine groups is 1. The zero-order valence-electron chi connectivity index (χ0n) is 11.8. The Morgan fingerprint density at radius 3 is 2.89 bits per heavy atom. The fraction of sp³-hybridized carbons (Fsp3) is 0.692. The van der Waals surface area contributed by atoms with Gasteiger partial charge in [0.2, 0.25) is 0 Å². The number of aliphatic imine (C=N–C) groups is 1. The van der Waals surface area contributed by atoms with Crippen molar-refractivity contribution in [3.8, 4) is 0 Å². The van der Waals surface area contributed by atoms with E-state index >= 15 is 0 Å². The Balaban J connectivity index is 2.05. The van der Waals surface area contributed by atoms with Crippen LogP contribution in [0.1, 0.15) is 24.8 Å². The van der Waals surface area contributed by atoms with Crippen molar-refractivity contribution in [2.24, 2.45) is 12.0 Å². The number of likely N-dealkylation sites (tertiary alicyclic amines) is 1. The van der Waals surface area contributed by atoms with Crippen LogP contribution in [0.3, 0.4) is 0 Å². The quantitative estimate of drug-likeness (QED) is 0.583. The van der Waals surface area contributed by atoms with E-state index in [-0.39, 0.29) is 0 Å². The Labute approximate surface area is 109 Å². The van der Waals surface area contributed by atoms with Crippen LogP contribution in [0.2, 0.25) is 0 Å².